The number of halogens is 1. The molecule has 0 spiro atoms. The van der Waals surface area contributed by atoms with Gasteiger partial charge in [-0.3, -0.25) is 9.59 Å². The van der Waals surface area contributed by atoms with Gasteiger partial charge in [-0.15, -0.1) is 0 Å². The molecule has 0 unspecified atom stereocenters. The summed E-state index contributed by atoms with van der Waals surface area (Å²) in [5.41, 5.74) is 0.573. The molecule has 0 aliphatic heterocycles. The smallest absolute Gasteiger partial charge is 0.326 e. The summed E-state index contributed by atoms with van der Waals surface area (Å²) in [5, 5.41) is 0.468. The molecule has 0 N–H and O–H groups in total. The molecular weight excluding hydrogens is 380 g/mol. The lowest BCUT2D eigenvalue weighted by atomic mass is 10.3. The van der Waals surface area contributed by atoms with E-state index < -0.39 is 11.9 Å². The monoisotopic (exact) mass is 394 g/mol. The highest BCUT2D eigenvalue weighted by molar-refractivity contribution is 7.17. The molecule has 26 heavy (non-hydrogen) atoms. The molecule has 1 aromatic carbocycles. The number of amides is 1. The van der Waals surface area contributed by atoms with Crippen molar-refractivity contribution in [3.05, 3.63) is 46.1 Å². The van der Waals surface area contributed by atoms with E-state index in [1.54, 1.807) is 29.7 Å². The van der Waals surface area contributed by atoms with Crippen LogP contribution >= 0.6 is 22.9 Å². The number of hydrogen-bond donors (Lipinski definition) is 0. The molecule has 0 aliphatic carbocycles. The number of esters is 1. The lowest BCUT2D eigenvalue weighted by molar-refractivity contribution is -0.143. The number of furan rings is 1. The van der Waals surface area contributed by atoms with E-state index in [2.05, 4.69) is 4.99 Å². The van der Waals surface area contributed by atoms with E-state index in [0.717, 1.165) is 0 Å². The van der Waals surface area contributed by atoms with Crippen molar-refractivity contribution in [2.75, 3.05) is 13.7 Å². The highest BCUT2D eigenvalue weighted by Crippen LogP contribution is 2.33. The number of hydrogen-bond acceptors (Lipinski definition) is 6. The molecule has 0 saturated heterocycles. The van der Waals surface area contributed by atoms with Gasteiger partial charge in [0.25, 0.3) is 0 Å². The van der Waals surface area contributed by atoms with Crippen molar-refractivity contribution < 1.29 is 23.5 Å². The fraction of sp³-hybridized carbons (Fsp3) is 0.235. The average Bonchev–Trinajstić information content (AvgIpc) is 3.26. The van der Waals surface area contributed by atoms with Crippen molar-refractivity contribution in [1.29, 1.82) is 0 Å². The van der Waals surface area contributed by atoms with Crippen LogP contribution in [0.5, 0.6) is 5.75 Å². The minimum atomic E-state index is -0.561. The second kappa shape index (κ2) is 7.76. The van der Waals surface area contributed by atoms with Gasteiger partial charge in [-0.2, -0.15) is 4.99 Å². The van der Waals surface area contributed by atoms with Gasteiger partial charge >= 0.3 is 11.9 Å². The molecule has 3 rings (SSSR count). The van der Waals surface area contributed by atoms with E-state index in [4.69, 9.17) is 25.5 Å². The molecular formula is C17H15ClN2O5S. The lowest BCUT2D eigenvalue weighted by Gasteiger charge is -2.08. The molecule has 7 nitrogen and oxygen atoms in total. The topological polar surface area (TPSA) is 83.0 Å². The maximum absolute atomic E-state index is 12.3. The summed E-state index contributed by atoms with van der Waals surface area (Å²) in [6, 6.07) is 6.49. The molecule has 0 aliphatic rings. The average molecular weight is 395 g/mol. The Morgan fingerprint density at radius 1 is 1.35 bits per heavy atom. The van der Waals surface area contributed by atoms with E-state index in [1.807, 2.05) is 0 Å². The number of carbonyl (C=O) groups is 2. The second-order valence-electron chi connectivity index (χ2n) is 5.10. The largest absolute Gasteiger partial charge is 0.495 e. The minimum absolute atomic E-state index is 0.100. The molecule has 0 fully saturated rings. The summed E-state index contributed by atoms with van der Waals surface area (Å²) in [4.78, 5) is 28.7. The van der Waals surface area contributed by atoms with Gasteiger partial charge in [-0.05, 0) is 31.2 Å². The van der Waals surface area contributed by atoms with Crippen LogP contribution in [0.1, 0.15) is 17.5 Å². The zero-order chi connectivity index (χ0) is 18.7. The number of ether oxygens (including phenoxy) is 2. The van der Waals surface area contributed by atoms with E-state index in [9.17, 15) is 9.59 Å². The third-order valence-electron chi connectivity index (χ3n) is 3.48. The third-order valence-corrected chi connectivity index (χ3v) is 5.02. The quantitative estimate of drug-likeness (QED) is 0.620. The van der Waals surface area contributed by atoms with Gasteiger partial charge in [0.05, 0.1) is 29.7 Å². The Kier molecular flexibility index (Phi) is 5.43. The van der Waals surface area contributed by atoms with Crippen LogP contribution in [-0.2, 0) is 16.1 Å². The Bertz CT molecular complexity index is 1020. The number of thiazole rings is 1. The van der Waals surface area contributed by atoms with Crippen molar-refractivity contribution >= 4 is 45.0 Å². The molecule has 0 atom stereocenters. The van der Waals surface area contributed by atoms with Gasteiger partial charge in [0, 0.05) is 0 Å². The maximum atomic E-state index is 12.3. The Balaban J connectivity index is 2.22. The van der Waals surface area contributed by atoms with Gasteiger partial charge in [-0.25, -0.2) is 0 Å². The summed E-state index contributed by atoms with van der Waals surface area (Å²) >= 11 is 7.47. The van der Waals surface area contributed by atoms with Gasteiger partial charge in [-0.1, -0.05) is 22.9 Å². The van der Waals surface area contributed by atoms with Crippen molar-refractivity contribution in [3.8, 4) is 5.75 Å². The Hall–Kier alpha value is -2.58. The first-order valence-electron chi connectivity index (χ1n) is 7.69. The predicted octanol–water partition coefficient (Wildman–Crippen LogP) is 3.26. The van der Waals surface area contributed by atoms with Gasteiger partial charge in [0.15, 0.2) is 10.6 Å². The summed E-state index contributed by atoms with van der Waals surface area (Å²) in [6.07, 6.45) is 1.39. The number of fused-ring (bicyclic) bond motifs is 1. The van der Waals surface area contributed by atoms with Crippen LogP contribution < -0.4 is 9.54 Å². The molecule has 0 bridgehead atoms. The van der Waals surface area contributed by atoms with Crippen LogP contribution in [0, 0.1) is 0 Å². The van der Waals surface area contributed by atoms with E-state index in [-0.39, 0.29) is 18.9 Å². The van der Waals surface area contributed by atoms with E-state index in [1.165, 1.54) is 30.8 Å². The van der Waals surface area contributed by atoms with Crippen molar-refractivity contribution in [3.63, 3.8) is 0 Å². The summed E-state index contributed by atoms with van der Waals surface area (Å²) in [5.74, 6) is -0.407. The molecule has 3 aromatic rings. The molecule has 1 amide bonds. The fourth-order valence-corrected chi connectivity index (χ4v) is 3.71. The fourth-order valence-electron chi connectivity index (χ4n) is 2.40. The van der Waals surface area contributed by atoms with Crippen LogP contribution in [0.3, 0.4) is 0 Å². The number of benzene rings is 1. The highest BCUT2D eigenvalue weighted by atomic mass is 35.5. The van der Waals surface area contributed by atoms with Gasteiger partial charge < -0.3 is 18.5 Å². The predicted molar refractivity (Wildman–Crippen MR) is 96.6 cm³/mol. The van der Waals surface area contributed by atoms with Crippen LogP contribution in [0.4, 0.5) is 0 Å². The Morgan fingerprint density at radius 2 is 2.15 bits per heavy atom. The second-order valence-corrected chi connectivity index (χ2v) is 6.48. The van der Waals surface area contributed by atoms with Crippen LogP contribution in [0.2, 0.25) is 5.02 Å². The van der Waals surface area contributed by atoms with Crippen molar-refractivity contribution in [1.82, 2.24) is 4.57 Å². The van der Waals surface area contributed by atoms with Gasteiger partial charge in [0.2, 0.25) is 0 Å². The molecule has 136 valence electrons. The van der Waals surface area contributed by atoms with Gasteiger partial charge in [0.1, 0.15) is 17.8 Å². The first-order chi connectivity index (χ1) is 12.5. The number of rotatable bonds is 5. The highest BCUT2D eigenvalue weighted by Gasteiger charge is 2.18. The maximum Gasteiger partial charge on any atom is 0.326 e. The molecule has 2 aromatic heterocycles. The third kappa shape index (κ3) is 3.51. The lowest BCUT2D eigenvalue weighted by Crippen LogP contribution is -2.23. The van der Waals surface area contributed by atoms with E-state index >= 15 is 0 Å². The molecule has 0 saturated carbocycles. The Morgan fingerprint density at radius 3 is 2.81 bits per heavy atom. The van der Waals surface area contributed by atoms with Crippen LogP contribution in [0.25, 0.3) is 10.2 Å². The standard InChI is InChI=1S/C17H15ClN2O5S/c1-3-24-13(21)9-20-14-11(23-2)7-6-10(18)15(14)26-17(20)19-16(22)12-5-4-8-25-12/h4-8H,3,9H2,1-2H3. The van der Waals surface area contributed by atoms with Crippen molar-refractivity contribution in [2.45, 2.75) is 13.5 Å². The number of carbonyl (C=O) groups excluding carboxylic acids is 2. The zero-order valence-electron chi connectivity index (χ0n) is 14.0. The number of methoxy groups -OCH3 is 1. The molecule has 0 radical (unpaired) electrons. The summed E-state index contributed by atoms with van der Waals surface area (Å²) < 4.78 is 17.7. The molecule has 2 heterocycles. The van der Waals surface area contributed by atoms with Crippen LogP contribution in [0.15, 0.2) is 39.9 Å². The SMILES string of the molecule is CCOC(=O)Cn1c(=NC(=O)c2ccco2)sc2c(Cl)ccc(OC)c21. The first kappa shape index (κ1) is 18.2. The first-order valence-corrected chi connectivity index (χ1v) is 8.88. The minimum Gasteiger partial charge on any atom is -0.495 e. The van der Waals surface area contributed by atoms with E-state index in [0.29, 0.717) is 25.8 Å². The molecule has 9 heteroatoms. The Labute approximate surface area is 157 Å². The number of aromatic nitrogens is 1. The zero-order valence-corrected chi connectivity index (χ0v) is 15.6. The number of nitrogens with zero attached hydrogens (tertiary/aromatic N) is 2. The van der Waals surface area contributed by atoms with Crippen LogP contribution in [-0.4, -0.2) is 30.2 Å². The normalized spacial score (nSPS) is 11.7. The van der Waals surface area contributed by atoms with Crippen molar-refractivity contribution in [2.24, 2.45) is 4.99 Å². The summed E-state index contributed by atoms with van der Waals surface area (Å²) in [7, 11) is 1.51. The summed E-state index contributed by atoms with van der Waals surface area (Å²) in [6.45, 7) is 1.84.